The topological polar surface area (TPSA) is 79.6 Å². The van der Waals surface area contributed by atoms with E-state index in [2.05, 4.69) is 69.7 Å². The Morgan fingerprint density at radius 2 is 1.81 bits per heavy atom. The fourth-order valence-electron chi connectivity index (χ4n) is 6.95. The number of hydrogen-bond acceptors (Lipinski definition) is 4. The van der Waals surface area contributed by atoms with E-state index in [1.54, 1.807) is 4.90 Å². The van der Waals surface area contributed by atoms with Gasteiger partial charge in [-0.05, 0) is 53.1 Å². The Hall–Kier alpha value is -2.32. The molecule has 3 aliphatic rings. The van der Waals surface area contributed by atoms with Gasteiger partial charge in [0, 0.05) is 38.0 Å². The van der Waals surface area contributed by atoms with Gasteiger partial charge in [0.2, 0.25) is 0 Å². The van der Waals surface area contributed by atoms with E-state index in [-0.39, 0.29) is 6.04 Å². The lowest BCUT2D eigenvalue weighted by molar-refractivity contribution is 0.119. The van der Waals surface area contributed by atoms with Gasteiger partial charge in [-0.3, -0.25) is 4.90 Å². The molecule has 2 aliphatic heterocycles. The van der Waals surface area contributed by atoms with Crippen LogP contribution in [-0.2, 0) is 12.8 Å². The molecule has 36 heavy (non-hydrogen) atoms. The van der Waals surface area contributed by atoms with Crippen molar-refractivity contribution in [1.82, 2.24) is 20.0 Å². The lowest BCUT2D eigenvalue weighted by Gasteiger charge is -2.42. The van der Waals surface area contributed by atoms with E-state index < -0.39 is 14.4 Å². The maximum atomic E-state index is 12.0. The van der Waals surface area contributed by atoms with E-state index in [0.717, 1.165) is 41.4 Å². The lowest BCUT2D eigenvalue weighted by Crippen LogP contribution is -2.51. The summed E-state index contributed by atoms with van der Waals surface area (Å²) < 4.78 is 9.42. The van der Waals surface area contributed by atoms with Crippen LogP contribution in [-0.4, -0.2) is 53.8 Å². The predicted octanol–water partition coefficient (Wildman–Crippen LogP) is 6.03. The molecule has 3 heterocycles. The number of carboxylic acid groups (broad SMARTS) is 1. The van der Waals surface area contributed by atoms with Crippen LogP contribution in [0.1, 0.15) is 88.9 Å². The summed E-state index contributed by atoms with van der Waals surface area (Å²) in [5.41, 5.74) is 7.07. The number of benzene rings is 1. The first-order chi connectivity index (χ1) is 17.1. The fourth-order valence-corrected chi connectivity index (χ4v) is 12.2. The Labute approximate surface area is 216 Å². The average Bonchev–Trinajstić information content (AvgIpc) is 3.63. The van der Waals surface area contributed by atoms with Crippen molar-refractivity contribution in [3.63, 3.8) is 0 Å². The van der Waals surface area contributed by atoms with Crippen molar-refractivity contribution < 1.29 is 14.3 Å². The summed E-state index contributed by atoms with van der Waals surface area (Å²) in [4.78, 5) is 13.6. The summed E-state index contributed by atoms with van der Waals surface area (Å²) in [6, 6.07) is 6.58. The predicted molar refractivity (Wildman–Crippen MR) is 145 cm³/mol. The zero-order valence-electron chi connectivity index (χ0n) is 22.7. The largest absolute Gasteiger partial charge is 0.541 e. The van der Waals surface area contributed by atoms with Crippen LogP contribution in [0, 0.1) is 0 Å². The highest BCUT2D eigenvalue weighted by molar-refractivity contribution is 6.78. The lowest BCUT2D eigenvalue weighted by atomic mass is 9.96. The normalized spacial score (nSPS) is 20.1. The summed E-state index contributed by atoms with van der Waals surface area (Å²) in [5.74, 6) is 1.60. The van der Waals surface area contributed by atoms with Crippen molar-refractivity contribution in [3.8, 4) is 11.4 Å². The second-order valence-corrected chi connectivity index (χ2v) is 17.2. The van der Waals surface area contributed by atoms with Crippen molar-refractivity contribution >= 4 is 14.4 Å². The molecule has 1 saturated carbocycles. The van der Waals surface area contributed by atoms with Crippen LogP contribution in [0.4, 0.5) is 4.79 Å². The van der Waals surface area contributed by atoms with Crippen molar-refractivity contribution in [1.29, 1.82) is 0 Å². The van der Waals surface area contributed by atoms with Crippen molar-refractivity contribution in [2.45, 2.75) is 95.8 Å². The van der Waals surface area contributed by atoms with Crippen LogP contribution in [0.25, 0.3) is 5.69 Å². The molecule has 0 bridgehead atoms. The zero-order valence-corrected chi connectivity index (χ0v) is 23.7. The van der Waals surface area contributed by atoms with Crippen molar-refractivity contribution in [3.05, 3.63) is 40.7 Å². The van der Waals surface area contributed by atoms with E-state index in [4.69, 9.17) is 9.52 Å². The molecule has 1 aromatic carbocycles. The molecule has 0 spiro atoms. The molecular weight excluding hydrogens is 468 g/mol. The monoisotopic (exact) mass is 510 g/mol. The maximum absolute atomic E-state index is 12.0. The van der Waals surface area contributed by atoms with E-state index in [1.165, 1.54) is 18.4 Å². The molecular formula is C28H42N4O3Si. The minimum Gasteiger partial charge on any atom is -0.541 e. The summed E-state index contributed by atoms with van der Waals surface area (Å²) in [6.45, 7) is 15.9. The molecule has 1 amide bonds. The van der Waals surface area contributed by atoms with Gasteiger partial charge in [0.05, 0.1) is 17.4 Å². The summed E-state index contributed by atoms with van der Waals surface area (Å²) in [6.07, 6.45) is 3.11. The van der Waals surface area contributed by atoms with Gasteiger partial charge in [0.25, 0.3) is 8.32 Å². The van der Waals surface area contributed by atoms with Gasteiger partial charge >= 0.3 is 6.09 Å². The van der Waals surface area contributed by atoms with Crippen LogP contribution in [0.2, 0.25) is 16.6 Å². The van der Waals surface area contributed by atoms with Gasteiger partial charge in [0.15, 0.2) is 0 Å². The van der Waals surface area contributed by atoms with E-state index in [0.29, 0.717) is 42.1 Å². The Morgan fingerprint density at radius 3 is 2.42 bits per heavy atom. The first-order valence-corrected chi connectivity index (χ1v) is 15.9. The van der Waals surface area contributed by atoms with Crippen LogP contribution >= 0.6 is 0 Å². The molecule has 0 saturated heterocycles. The molecule has 8 heteroatoms. The first kappa shape index (κ1) is 25.3. The Bertz CT molecular complexity index is 1120. The fraction of sp³-hybridized carbons (Fsp3) is 0.643. The van der Waals surface area contributed by atoms with Gasteiger partial charge in [-0.25, -0.2) is 9.48 Å². The summed E-state index contributed by atoms with van der Waals surface area (Å²) in [5, 5.41) is 18.4. The van der Waals surface area contributed by atoms with Crippen molar-refractivity contribution in [2.75, 3.05) is 19.6 Å². The molecule has 1 aromatic heterocycles. The van der Waals surface area contributed by atoms with Crippen LogP contribution in [0.15, 0.2) is 18.2 Å². The van der Waals surface area contributed by atoms with E-state index in [9.17, 15) is 9.90 Å². The second-order valence-electron chi connectivity index (χ2n) is 11.8. The average molecular weight is 511 g/mol. The molecule has 1 unspecified atom stereocenters. The number of rotatable bonds is 7. The maximum Gasteiger partial charge on any atom is 0.407 e. The molecule has 1 fully saturated rings. The van der Waals surface area contributed by atoms with Gasteiger partial charge < -0.3 is 14.8 Å². The minimum absolute atomic E-state index is 0.192. The Morgan fingerprint density at radius 1 is 1.11 bits per heavy atom. The van der Waals surface area contributed by atoms with Crippen LogP contribution in [0.3, 0.4) is 0 Å². The SMILES string of the molecule is CC(C)[Si](Oc1cc(C2CC2)ccc1-n1nc2c3c1CCN(C(=O)O)C3CNCC2)(C(C)C)C(C)C. The number of amides is 1. The highest BCUT2D eigenvalue weighted by Gasteiger charge is 2.48. The summed E-state index contributed by atoms with van der Waals surface area (Å²) >= 11 is 0. The molecule has 2 N–H and O–H groups in total. The number of aromatic nitrogens is 2. The first-order valence-electron chi connectivity index (χ1n) is 13.8. The smallest absolute Gasteiger partial charge is 0.407 e. The van der Waals surface area contributed by atoms with E-state index >= 15 is 0 Å². The standard InChI is InChI=1S/C28H42N4O3Si/c1-17(2)36(18(3)4,19(5)6)35-26-15-21(20-7-8-20)9-10-23(26)32-24-12-14-31(28(33)34)25-16-29-13-11-22(30-32)27(24)25/h9-10,15,17-20,25,29H,7-8,11-14,16H2,1-6H3,(H,33,34). The number of hydrogen-bond donors (Lipinski definition) is 2. The second kappa shape index (κ2) is 9.52. The molecule has 7 nitrogen and oxygen atoms in total. The van der Waals surface area contributed by atoms with Gasteiger partial charge in [-0.15, -0.1) is 0 Å². The van der Waals surface area contributed by atoms with Crippen molar-refractivity contribution in [2.24, 2.45) is 0 Å². The third-order valence-electron chi connectivity index (χ3n) is 8.77. The summed E-state index contributed by atoms with van der Waals surface area (Å²) in [7, 11) is -2.18. The molecule has 0 radical (unpaired) electrons. The molecule has 196 valence electrons. The number of nitrogens with one attached hydrogen (secondary N) is 1. The van der Waals surface area contributed by atoms with Gasteiger partial charge in [0.1, 0.15) is 11.4 Å². The van der Waals surface area contributed by atoms with Gasteiger partial charge in [-0.1, -0.05) is 47.6 Å². The third-order valence-corrected chi connectivity index (χ3v) is 14.8. The third kappa shape index (κ3) is 4.16. The quantitative estimate of drug-likeness (QED) is 0.445. The highest BCUT2D eigenvalue weighted by Crippen LogP contribution is 2.47. The minimum atomic E-state index is -2.18. The zero-order chi connectivity index (χ0) is 25.8. The molecule has 5 rings (SSSR count). The molecule has 1 atom stereocenters. The number of carbonyl (C=O) groups is 1. The Kier molecular flexibility index (Phi) is 6.70. The highest BCUT2D eigenvalue weighted by atomic mass is 28.4. The molecule has 2 aromatic rings. The van der Waals surface area contributed by atoms with E-state index in [1.807, 2.05) is 0 Å². The van der Waals surface area contributed by atoms with Crippen LogP contribution < -0.4 is 9.74 Å². The Balaban J connectivity index is 1.66. The molecule has 1 aliphatic carbocycles. The van der Waals surface area contributed by atoms with Crippen LogP contribution in [0.5, 0.6) is 5.75 Å². The number of nitrogens with zero attached hydrogens (tertiary/aromatic N) is 3. The van der Waals surface area contributed by atoms with Gasteiger partial charge in [-0.2, -0.15) is 5.10 Å².